The summed E-state index contributed by atoms with van der Waals surface area (Å²) in [6.07, 6.45) is 12.4. The van der Waals surface area contributed by atoms with Crippen molar-refractivity contribution in [2.75, 3.05) is 0 Å². The monoisotopic (exact) mass is 953 g/mol. The first-order valence-corrected chi connectivity index (χ1v) is 24.1. The molecule has 1 saturated carbocycles. The largest absolute Gasteiger partial charge is 0.476 e. The minimum atomic E-state index is -1.36. The summed E-state index contributed by atoms with van der Waals surface area (Å²) in [4.78, 5) is 9.43. The zero-order valence-electron chi connectivity index (χ0n) is 34.3. The van der Waals surface area contributed by atoms with Crippen molar-refractivity contribution >= 4 is 35.2 Å². The molecule has 1 fully saturated rings. The first kappa shape index (κ1) is 41.2. The molecular formula is C53H52IrN2OSi-2. The summed E-state index contributed by atoms with van der Waals surface area (Å²) in [5.41, 5.74) is 13.4. The molecule has 1 atom stereocenters. The Morgan fingerprint density at radius 2 is 1.47 bits per heavy atom. The first-order chi connectivity index (χ1) is 27.7. The molecule has 0 spiro atoms. The maximum Gasteiger partial charge on any atom is 0.127 e. The first-order valence-electron chi connectivity index (χ1n) is 20.6. The van der Waals surface area contributed by atoms with Gasteiger partial charge in [0.2, 0.25) is 0 Å². The molecule has 0 aliphatic heterocycles. The third-order valence-corrected chi connectivity index (χ3v) is 13.8. The molecule has 1 aliphatic rings. The van der Waals surface area contributed by atoms with Crippen LogP contribution in [0, 0.1) is 25.0 Å². The number of nitrogens with zero attached hydrogens (tertiary/aromatic N) is 2. The standard InChI is InChI=1S/C32H24NO.C21H28NSi.Ir/c1-21-13-15-27(24-11-7-4-8-12-24)31-28-16-14-26(20-30(28)34-32(21)31)29-19-25(17-18-33-29)22(2)23-9-5-3-6-10-23;1-23(2,3)21-16-22-20(18-12-8-5-9-13-18)15-19(21)14-17-10-6-4-7-11-17;/h3-13,15-20,22H,1-2H3;5,8-9,12,15-17H,4,6-7,10-11,14H2,1-3H3;/q2*-1;. The fourth-order valence-electron chi connectivity index (χ4n) is 8.49. The van der Waals surface area contributed by atoms with E-state index in [0.717, 1.165) is 55.9 Å². The molecule has 3 aromatic heterocycles. The third kappa shape index (κ3) is 9.18. The summed E-state index contributed by atoms with van der Waals surface area (Å²) in [5, 5.41) is 3.77. The van der Waals surface area contributed by atoms with Crippen LogP contribution in [0.2, 0.25) is 19.6 Å². The summed E-state index contributed by atoms with van der Waals surface area (Å²) in [7, 11) is -1.36. The van der Waals surface area contributed by atoms with Crippen LogP contribution >= 0.6 is 0 Å². The van der Waals surface area contributed by atoms with Gasteiger partial charge in [0.1, 0.15) is 5.58 Å². The molecule has 9 rings (SSSR count). The van der Waals surface area contributed by atoms with Crippen LogP contribution in [0.4, 0.5) is 0 Å². The van der Waals surface area contributed by atoms with Crippen molar-refractivity contribution in [2.24, 2.45) is 5.92 Å². The number of aromatic nitrogens is 2. The third-order valence-electron chi connectivity index (χ3n) is 11.7. The SMILES string of the molecule is C[Si](C)(C)c1cnc(-c2[c-]cccc2)cc1CC1CCCCC1.Cc1ccc(-c2ccccc2)c2c1oc1cc(-c3cc(C(C)c4ccccc4)ccn3)[c-]cc12.[Ir]. The van der Waals surface area contributed by atoms with Crippen LogP contribution < -0.4 is 5.19 Å². The summed E-state index contributed by atoms with van der Waals surface area (Å²) < 4.78 is 6.41. The Hall–Kier alpha value is -4.93. The molecule has 5 heteroatoms. The summed E-state index contributed by atoms with van der Waals surface area (Å²) in [5.74, 6) is 1.16. The van der Waals surface area contributed by atoms with E-state index in [1.807, 2.05) is 24.4 Å². The smallest absolute Gasteiger partial charge is 0.127 e. The number of furan rings is 1. The van der Waals surface area contributed by atoms with Gasteiger partial charge in [-0.1, -0.05) is 161 Å². The van der Waals surface area contributed by atoms with E-state index in [4.69, 9.17) is 9.40 Å². The fraction of sp³-hybridized carbons (Fsp3) is 0.245. The van der Waals surface area contributed by atoms with Gasteiger partial charge in [0.05, 0.1) is 13.7 Å². The zero-order chi connectivity index (χ0) is 39.4. The molecule has 1 aliphatic carbocycles. The average molecular weight is 953 g/mol. The molecule has 0 amide bonds. The van der Waals surface area contributed by atoms with Gasteiger partial charge in [-0.3, -0.25) is 0 Å². The van der Waals surface area contributed by atoms with E-state index in [1.165, 1.54) is 60.8 Å². The van der Waals surface area contributed by atoms with Crippen molar-refractivity contribution in [1.82, 2.24) is 9.97 Å². The number of aryl methyl sites for hydroxylation is 1. The van der Waals surface area contributed by atoms with Gasteiger partial charge in [0, 0.05) is 38.4 Å². The molecule has 295 valence electrons. The van der Waals surface area contributed by atoms with Crippen LogP contribution in [0.5, 0.6) is 0 Å². The van der Waals surface area contributed by atoms with E-state index >= 15 is 0 Å². The van der Waals surface area contributed by atoms with Crippen LogP contribution in [0.1, 0.15) is 67.2 Å². The van der Waals surface area contributed by atoms with E-state index in [1.54, 1.807) is 10.8 Å². The molecule has 0 N–H and O–H groups in total. The minimum absolute atomic E-state index is 0. The van der Waals surface area contributed by atoms with Gasteiger partial charge in [-0.15, -0.1) is 53.6 Å². The van der Waals surface area contributed by atoms with Crippen LogP contribution in [0.25, 0.3) is 55.6 Å². The van der Waals surface area contributed by atoms with Gasteiger partial charge in [0.15, 0.2) is 0 Å². The number of rotatable bonds is 8. The topological polar surface area (TPSA) is 38.9 Å². The van der Waals surface area contributed by atoms with E-state index < -0.39 is 8.07 Å². The molecule has 1 radical (unpaired) electrons. The Labute approximate surface area is 359 Å². The van der Waals surface area contributed by atoms with Gasteiger partial charge in [0.25, 0.3) is 0 Å². The predicted octanol–water partition coefficient (Wildman–Crippen LogP) is 13.8. The molecule has 0 bridgehead atoms. The Kier molecular flexibility index (Phi) is 13.0. The molecular weight excluding hydrogens is 901 g/mol. The minimum Gasteiger partial charge on any atom is -0.476 e. The van der Waals surface area contributed by atoms with Crippen molar-refractivity contribution in [1.29, 1.82) is 0 Å². The fourth-order valence-corrected chi connectivity index (χ4v) is 10.1. The van der Waals surface area contributed by atoms with Crippen molar-refractivity contribution in [3.05, 3.63) is 174 Å². The molecule has 58 heavy (non-hydrogen) atoms. The van der Waals surface area contributed by atoms with Gasteiger partial charge < -0.3 is 14.4 Å². The zero-order valence-corrected chi connectivity index (χ0v) is 37.7. The van der Waals surface area contributed by atoms with Crippen LogP contribution in [0.15, 0.2) is 144 Å². The van der Waals surface area contributed by atoms with Crippen molar-refractivity contribution in [2.45, 2.75) is 77.9 Å². The summed E-state index contributed by atoms with van der Waals surface area (Å²) in [6.45, 7) is 11.6. The van der Waals surface area contributed by atoms with Gasteiger partial charge >= 0.3 is 0 Å². The summed E-state index contributed by atoms with van der Waals surface area (Å²) in [6, 6.07) is 51.1. The van der Waals surface area contributed by atoms with Crippen LogP contribution in [-0.2, 0) is 26.5 Å². The van der Waals surface area contributed by atoms with Crippen molar-refractivity contribution in [3.63, 3.8) is 0 Å². The number of hydrogen-bond donors (Lipinski definition) is 0. The molecule has 3 nitrogen and oxygen atoms in total. The number of hydrogen-bond acceptors (Lipinski definition) is 3. The van der Waals surface area contributed by atoms with E-state index in [-0.39, 0.29) is 26.0 Å². The average Bonchev–Trinajstić information content (AvgIpc) is 3.65. The molecule has 3 heterocycles. The second kappa shape index (κ2) is 18.3. The van der Waals surface area contributed by atoms with Gasteiger partial charge in [-0.2, -0.15) is 0 Å². The second-order valence-electron chi connectivity index (χ2n) is 16.8. The van der Waals surface area contributed by atoms with Gasteiger partial charge in [-0.05, 0) is 75.1 Å². The maximum atomic E-state index is 6.41. The van der Waals surface area contributed by atoms with Crippen LogP contribution in [0.3, 0.4) is 0 Å². The summed E-state index contributed by atoms with van der Waals surface area (Å²) >= 11 is 0. The maximum absolute atomic E-state index is 6.41. The van der Waals surface area contributed by atoms with Crippen LogP contribution in [-0.4, -0.2) is 18.0 Å². The normalized spacial score (nSPS) is 13.7. The Bertz CT molecular complexity index is 2590. The number of benzene rings is 5. The van der Waals surface area contributed by atoms with Crippen molar-refractivity contribution in [3.8, 4) is 33.6 Å². The Morgan fingerprint density at radius 3 is 2.19 bits per heavy atom. The number of pyridine rings is 2. The van der Waals surface area contributed by atoms with Gasteiger partial charge in [-0.25, -0.2) is 0 Å². The second-order valence-corrected chi connectivity index (χ2v) is 21.8. The predicted molar refractivity (Wildman–Crippen MR) is 242 cm³/mol. The quantitative estimate of drug-likeness (QED) is 0.113. The van der Waals surface area contributed by atoms with E-state index in [9.17, 15) is 0 Å². The van der Waals surface area contributed by atoms with E-state index in [2.05, 4.69) is 166 Å². The Morgan fingerprint density at radius 1 is 0.741 bits per heavy atom. The molecule has 0 saturated heterocycles. The van der Waals surface area contributed by atoms with Crippen molar-refractivity contribution < 1.29 is 24.5 Å². The van der Waals surface area contributed by atoms with E-state index in [0.29, 0.717) is 0 Å². The molecule has 5 aromatic carbocycles. The molecule has 8 aromatic rings. The number of fused-ring (bicyclic) bond motifs is 3. The Balaban J connectivity index is 0.000000187. The molecule has 1 unspecified atom stereocenters.